The maximum atomic E-state index is 13.9. The van der Waals surface area contributed by atoms with Gasteiger partial charge in [0.25, 0.3) is 5.91 Å². The summed E-state index contributed by atoms with van der Waals surface area (Å²) in [7, 11) is 0. The molecule has 7 heteroatoms. The van der Waals surface area contributed by atoms with Gasteiger partial charge in [0.1, 0.15) is 11.6 Å². The minimum absolute atomic E-state index is 0.131. The van der Waals surface area contributed by atoms with Gasteiger partial charge in [0.05, 0.1) is 6.20 Å². The Morgan fingerprint density at radius 2 is 2.04 bits per heavy atom. The molecule has 1 aliphatic heterocycles. The van der Waals surface area contributed by atoms with Crippen LogP contribution < -0.4 is 0 Å². The normalized spacial score (nSPS) is 20.8. The molecule has 2 fully saturated rings. The van der Waals surface area contributed by atoms with Crippen LogP contribution in [0, 0.1) is 17.6 Å². The number of hydrogen-bond acceptors (Lipinski definition) is 3. The molecule has 0 bridgehead atoms. The molecule has 1 atom stereocenters. The molecule has 2 aromatic heterocycles. The summed E-state index contributed by atoms with van der Waals surface area (Å²) in [4.78, 5) is 22.4. The Kier molecular flexibility index (Phi) is 4.70. The van der Waals surface area contributed by atoms with Gasteiger partial charge in [0, 0.05) is 44.0 Å². The fourth-order valence-corrected chi connectivity index (χ4v) is 3.88. The Labute approximate surface area is 151 Å². The number of aromatic nitrogens is 3. The summed E-state index contributed by atoms with van der Waals surface area (Å²) in [6.45, 7) is 2.02. The number of nitrogens with zero attached hydrogens (tertiary/aromatic N) is 4. The molecule has 0 unspecified atom stereocenters. The number of pyridine rings is 1. The summed E-state index contributed by atoms with van der Waals surface area (Å²) < 4.78 is 29.2. The zero-order chi connectivity index (χ0) is 18.1. The van der Waals surface area contributed by atoms with Crippen LogP contribution in [0.25, 0.3) is 0 Å². The fourth-order valence-electron chi connectivity index (χ4n) is 3.88. The maximum absolute atomic E-state index is 13.9. The molecule has 0 radical (unpaired) electrons. The van der Waals surface area contributed by atoms with E-state index >= 15 is 0 Å². The molecular formula is C19H22F2N4O. The second-order valence-corrected chi connectivity index (χ2v) is 7.31. The monoisotopic (exact) mass is 360 g/mol. The van der Waals surface area contributed by atoms with Crippen LogP contribution in [0.15, 0.2) is 24.7 Å². The lowest BCUT2D eigenvalue weighted by Gasteiger charge is -2.33. The van der Waals surface area contributed by atoms with Gasteiger partial charge in [-0.05, 0) is 31.6 Å². The molecule has 0 N–H and O–H groups in total. The van der Waals surface area contributed by atoms with E-state index in [9.17, 15) is 13.6 Å². The lowest BCUT2D eigenvalue weighted by Crippen LogP contribution is -2.40. The first-order chi connectivity index (χ1) is 12.6. The molecule has 0 spiro atoms. The Balaban J connectivity index is 1.49. The van der Waals surface area contributed by atoms with Crippen LogP contribution in [0.3, 0.4) is 0 Å². The van der Waals surface area contributed by atoms with E-state index < -0.39 is 17.5 Å². The molecule has 1 saturated heterocycles. The third-order valence-electron chi connectivity index (χ3n) is 5.51. The number of piperidine rings is 1. The maximum Gasteiger partial charge on any atom is 0.275 e. The predicted molar refractivity (Wildman–Crippen MR) is 91.6 cm³/mol. The van der Waals surface area contributed by atoms with Crippen molar-refractivity contribution in [2.75, 3.05) is 13.1 Å². The standard InChI is InChI=1S/C19H22F2N4O/c20-15-9-16(21)17(23-10-15)19(26)25-7-2-5-14(12-25)18-22-6-8-24(18)11-13-3-1-4-13/h6,8-10,13-14H,1-5,7,11-12H2/t14-/m1/s1. The summed E-state index contributed by atoms with van der Waals surface area (Å²) in [6.07, 6.45) is 10.3. The predicted octanol–water partition coefficient (Wildman–Crippen LogP) is 3.38. The molecule has 2 aromatic rings. The first kappa shape index (κ1) is 17.1. The number of likely N-dealkylation sites (tertiary alicyclic amines) is 1. The lowest BCUT2D eigenvalue weighted by molar-refractivity contribution is 0.0691. The van der Waals surface area contributed by atoms with Crippen LogP contribution in [0.5, 0.6) is 0 Å². The molecule has 138 valence electrons. The second-order valence-electron chi connectivity index (χ2n) is 7.31. The van der Waals surface area contributed by atoms with Crippen LogP contribution in [0.2, 0.25) is 0 Å². The van der Waals surface area contributed by atoms with Crippen molar-refractivity contribution < 1.29 is 13.6 Å². The van der Waals surface area contributed by atoms with Gasteiger partial charge < -0.3 is 9.47 Å². The van der Waals surface area contributed by atoms with E-state index in [0.29, 0.717) is 19.2 Å². The Morgan fingerprint density at radius 1 is 1.19 bits per heavy atom. The lowest BCUT2D eigenvalue weighted by atomic mass is 9.85. The van der Waals surface area contributed by atoms with Crippen molar-refractivity contribution in [3.63, 3.8) is 0 Å². The highest BCUT2D eigenvalue weighted by Gasteiger charge is 2.30. The Morgan fingerprint density at radius 3 is 2.77 bits per heavy atom. The van der Waals surface area contributed by atoms with E-state index in [1.54, 1.807) is 4.90 Å². The fraction of sp³-hybridized carbons (Fsp3) is 0.526. The highest BCUT2D eigenvalue weighted by Crippen LogP contribution is 2.31. The third kappa shape index (κ3) is 3.34. The molecule has 1 aliphatic carbocycles. The summed E-state index contributed by atoms with van der Waals surface area (Å²) in [5.74, 6) is -0.323. The highest BCUT2D eigenvalue weighted by atomic mass is 19.1. The van der Waals surface area contributed by atoms with Crippen LogP contribution >= 0.6 is 0 Å². The quantitative estimate of drug-likeness (QED) is 0.840. The van der Waals surface area contributed by atoms with E-state index in [1.165, 1.54) is 19.3 Å². The number of carbonyl (C=O) groups excluding carboxylic acids is 1. The van der Waals surface area contributed by atoms with Gasteiger partial charge in [0.15, 0.2) is 11.5 Å². The van der Waals surface area contributed by atoms with Crippen molar-refractivity contribution >= 4 is 5.91 Å². The van der Waals surface area contributed by atoms with Crippen LogP contribution in [0.1, 0.15) is 54.3 Å². The summed E-state index contributed by atoms with van der Waals surface area (Å²) in [5, 5.41) is 0. The van der Waals surface area contributed by atoms with E-state index in [2.05, 4.69) is 14.5 Å². The van der Waals surface area contributed by atoms with Gasteiger partial charge >= 0.3 is 0 Å². The molecule has 0 aromatic carbocycles. The molecule has 26 heavy (non-hydrogen) atoms. The first-order valence-electron chi connectivity index (χ1n) is 9.23. The second kappa shape index (κ2) is 7.13. The van der Waals surface area contributed by atoms with Crippen LogP contribution in [-0.2, 0) is 6.54 Å². The minimum Gasteiger partial charge on any atom is -0.336 e. The highest BCUT2D eigenvalue weighted by molar-refractivity contribution is 5.92. The Bertz CT molecular complexity index is 803. The number of amides is 1. The van der Waals surface area contributed by atoms with Gasteiger partial charge in [0.2, 0.25) is 0 Å². The summed E-state index contributed by atoms with van der Waals surface area (Å²) in [6, 6.07) is 0.701. The SMILES string of the molecule is O=C(c1ncc(F)cc1F)N1CCC[C@@H](c2nccn2CC2CCC2)C1. The zero-order valence-electron chi connectivity index (χ0n) is 14.6. The van der Waals surface area contributed by atoms with Crippen molar-refractivity contribution in [1.29, 1.82) is 0 Å². The molecule has 3 heterocycles. The van der Waals surface area contributed by atoms with E-state index in [-0.39, 0.29) is 11.6 Å². The first-order valence-corrected chi connectivity index (χ1v) is 9.23. The van der Waals surface area contributed by atoms with E-state index in [1.807, 2.05) is 12.4 Å². The minimum atomic E-state index is -0.913. The van der Waals surface area contributed by atoms with Crippen LogP contribution in [0.4, 0.5) is 8.78 Å². The molecule has 5 nitrogen and oxygen atoms in total. The molecule has 4 rings (SSSR count). The third-order valence-corrected chi connectivity index (χ3v) is 5.51. The number of imidazole rings is 1. The molecule has 2 aliphatic rings. The Hall–Kier alpha value is -2.31. The largest absolute Gasteiger partial charge is 0.336 e. The van der Waals surface area contributed by atoms with Gasteiger partial charge in [-0.25, -0.2) is 18.7 Å². The van der Waals surface area contributed by atoms with Gasteiger partial charge in [-0.2, -0.15) is 0 Å². The van der Waals surface area contributed by atoms with Crippen molar-refractivity contribution in [2.24, 2.45) is 5.92 Å². The van der Waals surface area contributed by atoms with Gasteiger partial charge in [-0.3, -0.25) is 4.79 Å². The smallest absolute Gasteiger partial charge is 0.275 e. The number of rotatable bonds is 4. The number of carbonyl (C=O) groups is 1. The average molecular weight is 360 g/mol. The van der Waals surface area contributed by atoms with E-state index in [0.717, 1.165) is 37.3 Å². The zero-order valence-corrected chi connectivity index (χ0v) is 14.6. The average Bonchev–Trinajstić information content (AvgIpc) is 3.06. The summed E-state index contributed by atoms with van der Waals surface area (Å²) >= 11 is 0. The van der Waals surface area contributed by atoms with Crippen molar-refractivity contribution in [3.8, 4) is 0 Å². The van der Waals surface area contributed by atoms with Crippen molar-refractivity contribution in [3.05, 3.63) is 47.8 Å². The van der Waals surface area contributed by atoms with Crippen molar-refractivity contribution in [1.82, 2.24) is 19.4 Å². The van der Waals surface area contributed by atoms with Crippen molar-refractivity contribution in [2.45, 2.75) is 44.6 Å². The number of hydrogen-bond donors (Lipinski definition) is 0. The molecule has 1 saturated carbocycles. The van der Waals surface area contributed by atoms with Gasteiger partial charge in [-0.15, -0.1) is 0 Å². The van der Waals surface area contributed by atoms with Crippen LogP contribution in [-0.4, -0.2) is 38.4 Å². The molecule has 1 amide bonds. The molecular weight excluding hydrogens is 338 g/mol. The van der Waals surface area contributed by atoms with Gasteiger partial charge in [-0.1, -0.05) is 6.42 Å². The van der Waals surface area contributed by atoms with E-state index in [4.69, 9.17) is 0 Å². The topological polar surface area (TPSA) is 51.0 Å². The summed E-state index contributed by atoms with van der Waals surface area (Å²) in [5.41, 5.74) is -0.315. The number of halogens is 2.